The molecule has 274 valence electrons. The zero-order valence-electron chi connectivity index (χ0n) is 30.5. The Bertz CT molecular complexity index is 3310. The summed E-state index contributed by atoms with van der Waals surface area (Å²) in [6.07, 6.45) is 1.84. The number of pyridine rings is 1. The van der Waals surface area contributed by atoms with Crippen molar-refractivity contribution in [1.82, 2.24) is 18.7 Å². The van der Waals surface area contributed by atoms with Gasteiger partial charge in [0.25, 0.3) is 0 Å². The van der Waals surface area contributed by atoms with Crippen molar-refractivity contribution in [3.63, 3.8) is 0 Å². The molecule has 12 rings (SSSR count). The third-order valence-corrected chi connectivity index (χ3v) is 12.9. The van der Waals surface area contributed by atoms with Crippen LogP contribution in [0.25, 0.3) is 55.5 Å². The number of ether oxygens (including phenoxy) is 2. The van der Waals surface area contributed by atoms with Gasteiger partial charge in [-0.15, -0.1) is 0 Å². The van der Waals surface area contributed by atoms with E-state index >= 15 is 0 Å². The second-order valence-corrected chi connectivity index (χ2v) is 15.6. The van der Waals surface area contributed by atoms with Gasteiger partial charge in [0.1, 0.15) is 11.5 Å². The molecule has 6 nitrogen and oxygen atoms in total. The first kappa shape index (κ1) is 32.5. The van der Waals surface area contributed by atoms with Crippen molar-refractivity contribution in [3.8, 4) is 45.6 Å². The molecule has 0 N–H and O–H groups in total. The molecule has 3 aromatic heterocycles. The van der Waals surface area contributed by atoms with Crippen molar-refractivity contribution in [2.24, 2.45) is 7.05 Å². The molecule has 0 saturated heterocycles. The van der Waals surface area contributed by atoms with Crippen LogP contribution >= 0.6 is 0 Å². The molecule has 0 atom stereocenters. The Morgan fingerprint density at radius 3 is 2.07 bits per heavy atom. The van der Waals surface area contributed by atoms with E-state index in [4.69, 9.17) is 14.5 Å². The average Bonchev–Trinajstić information content (AvgIpc) is 3.82. The van der Waals surface area contributed by atoms with Crippen LogP contribution in [-0.2, 0) is 31.8 Å². The second-order valence-electron chi connectivity index (χ2n) is 14.5. The molecule has 2 aliphatic rings. The zero-order chi connectivity index (χ0) is 37.8. The Morgan fingerprint density at radius 1 is 0.579 bits per heavy atom. The predicted octanol–water partition coefficient (Wildman–Crippen LogP) is 11.4. The van der Waals surface area contributed by atoms with Gasteiger partial charge in [-0.1, -0.05) is 66.7 Å². The number of aryl methyl sites for hydroxylation is 1. The van der Waals surface area contributed by atoms with E-state index in [2.05, 4.69) is 180 Å². The predicted molar refractivity (Wildman–Crippen MR) is 219 cm³/mol. The van der Waals surface area contributed by atoms with Gasteiger partial charge in [-0.2, -0.15) is 0 Å². The first-order chi connectivity index (χ1) is 28.1. The van der Waals surface area contributed by atoms with E-state index in [1.807, 2.05) is 36.5 Å². The van der Waals surface area contributed by atoms with Gasteiger partial charge in [0.2, 0.25) is 0 Å². The molecule has 0 fully saturated rings. The van der Waals surface area contributed by atoms with Crippen molar-refractivity contribution in [2.45, 2.75) is 5.41 Å². The summed E-state index contributed by atoms with van der Waals surface area (Å²) in [7, 11) is 2.08. The van der Waals surface area contributed by atoms with Crippen molar-refractivity contribution < 1.29 is 28.8 Å². The second kappa shape index (κ2) is 12.1. The van der Waals surface area contributed by atoms with Crippen LogP contribution in [-0.4, -0.2) is 18.7 Å². The summed E-state index contributed by atoms with van der Waals surface area (Å²) in [6, 6.07) is 62.4. The number of imidazole rings is 1. The van der Waals surface area contributed by atoms with Gasteiger partial charge in [-0.3, -0.25) is 0 Å². The quantitative estimate of drug-likeness (QED) is 0.165. The van der Waals surface area contributed by atoms with Crippen LogP contribution in [0, 0.1) is 15.9 Å². The first-order valence-electron chi connectivity index (χ1n) is 18.8. The van der Waals surface area contributed by atoms with Gasteiger partial charge in [0.15, 0.2) is 0 Å². The zero-order valence-corrected chi connectivity index (χ0v) is 32.8. The van der Waals surface area contributed by atoms with E-state index in [0.29, 0.717) is 11.5 Å². The Hall–Kier alpha value is -6.75. The summed E-state index contributed by atoms with van der Waals surface area (Å²) in [5, 5.41) is 2.18. The molecule has 1 spiro atoms. The number of para-hydroxylation sites is 4. The number of hydrogen-bond donors (Lipinski definition) is 0. The molecule has 4 heterocycles. The number of fused-ring (bicyclic) bond motifs is 13. The van der Waals surface area contributed by atoms with E-state index in [0.717, 1.165) is 70.8 Å². The maximum atomic E-state index is 6.61. The number of aromatic nitrogens is 4. The van der Waals surface area contributed by atoms with Crippen LogP contribution in [0.4, 0.5) is 0 Å². The van der Waals surface area contributed by atoms with Crippen molar-refractivity contribution in [1.29, 1.82) is 0 Å². The molecular weight excluding hydrogens is 884 g/mol. The SMILES string of the molecule is Cn1[c](=[Pt])n(-c2[c-]c(Oc3[c-]c4c(cc3)c3cc5c(cc3n4-c3ccccn3)C3(c4ccccc4Oc4ccccc43)c3ccccc3-5)ccc2)c2ccccc21. The molecule has 0 amide bonds. The monoisotopic (exact) mass is 913 g/mol. The van der Waals surface area contributed by atoms with Crippen LogP contribution in [0.5, 0.6) is 23.0 Å². The third kappa shape index (κ3) is 4.50. The number of benzene rings is 7. The van der Waals surface area contributed by atoms with Crippen molar-refractivity contribution >= 4 is 32.8 Å². The van der Waals surface area contributed by atoms with E-state index in [-0.39, 0.29) is 0 Å². The van der Waals surface area contributed by atoms with Gasteiger partial charge in [0.05, 0.1) is 5.41 Å². The Morgan fingerprint density at radius 2 is 1.28 bits per heavy atom. The molecule has 0 radical (unpaired) electrons. The van der Waals surface area contributed by atoms with Crippen LogP contribution < -0.4 is 9.47 Å². The standard InChI is InChI=1S/C50H30N4O2.Pt/c1-52-31-53(44-20-7-6-19-43(44)52)32-13-12-14-33(27-32)55-34-24-25-36-38-29-37-35-15-2-3-16-39(35)50(40-17-4-8-21-47(40)56-48-22-9-5-18-41(48)50)42(37)30-46(38)54(45(36)28-34)49-23-10-11-26-51-49;/h2-26,29-30H,1H3;/q-2;. The van der Waals surface area contributed by atoms with E-state index in [1.54, 1.807) is 0 Å². The van der Waals surface area contributed by atoms with Crippen LogP contribution in [0.1, 0.15) is 22.3 Å². The Balaban J connectivity index is 1.08. The first-order valence-corrected chi connectivity index (χ1v) is 20.0. The summed E-state index contributed by atoms with van der Waals surface area (Å²) in [4.78, 5) is 4.89. The van der Waals surface area contributed by atoms with Gasteiger partial charge >= 0.3 is 194 Å². The Labute approximate surface area is 338 Å². The molecular formula is C50H30N4O2Pt-2. The molecule has 0 saturated carbocycles. The summed E-state index contributed by atoms with van der Waals surface area (Å²) in [6.45, 7) is 0. The van der Waals surface area contributed by atoms with E-state index in [9.17, 15) is 0 Å². The molecule has 1 aliphatic carbocycles. The molecule has 10 aromatic rings. The number of rotatable bonds is 4. The average molecular weight is 914 g/mol. The van der Waals surface area contributed by atoms with E-state index < -0.39 is 5.41 Å². The minimum absolute atomic E-state index is 0.588. The van der Waals surface area contributed by atoms with Gasteiger partial charge in [-0.05, 0) is 40.5 Å². The maximum absolute atomic E-state index is 6.61. The minimum atomic E-state index is -0.588. The van der Waals surface area contributed by atoms with Gasteiger partial charge < -0.3 is 4.74 Å². The summed E-state index contributed by atoms with van der Waals surface area (Å²) in [5.41, 5.74) is 11.6. The summed E-state index contributed by atoms with van der Waals surface area (Å²) >= 11 is 2.37. The normalized spacial score (nSPS) is 13.4. The summed E-state index contributed by atoms with van der Waals surface area (Å²) in [5.74, 6) is 3.74. The summed E-state index contributed by atoms with van der Waals surface area (Å²) < 4.78 is 20.9. The topological polar surface area (TPSA) is 46.1 Å². The molecule has 1 aliphatic heterocycles. The molecule has 57 heavy (non-hydrogen) atoms. The Kier molecular flexibility index (Phi) is 6.91. The van der Waals surface area contributed by atoms with Gasteiger partial charge in [0, 0.05) is 17.3 Å². The molecule has 7 aromatic carbocycles. The van der Waals surface area contributed by atoms with Crippen LogP contribution in [0.3, 0.4) is 0 Å². The molecule has 7 heteroatoms. The fourth-order valence-electron chi connectivity index (χ4n) is 9.29. The van der Waals surface area contributed by atoms with E-state index in [1.165, 1.54) is 22.3 Å². The molecule has 0 bridgehead atoms. The van der Waals surface area contributed by atoms with Crippen molar-refractivity contribution in [3.05, 3.63) is 202 Å². The third-order valence-electron chi connectivity index (χ3n) is 11.6. The van der Waals surface area contributed by atoms with Crippen LogP contribution in [0.2, 0.25) is 0 Å². The number of nitrogens with zero attached hydrogens (tertiary/aromatic N) is 4. The number of hydrogen-bond acceptors (Lipinski definition) is 3. The van der Waals surface area contributed by atoms with Crippen molar-refractivity contribution in [2.75, 3.05) is 0 Å². The fraction of sp³-hybridized carbons (Fsp3) is 0.0400. The van der Waals surface area contributed by atoms with Gasteiger partial charge in [-0.25, -0.2) is 0 Å². The fourth-order valence-corrected chi connectivity index (χ4v) is 10.1. The molecule has 0 unspecified atom stereocenters. The van der Waals surface area contributed by atoms with Crippen LogP contribution in [0.15, 0.2) is 164 Å².